The van der Waals surface area contributed by atoms with E-state index in [2.05, 4.69) is 35.8 Å². The summed E-state index contributed by atoms with van der Waals surface area (Å²) in [6.07, 6.45) is 0.864. The molecule has 0 bridgehead atoms. The molecule has 1 aliphatic carbocycles. The van der Waals surface area contributed by atoms with Gasteiger partial charge in [-0.1, -0.05) is 43.3 Å². The molecule has 0 aromatic heterocycles. The molecule has 2 aromatic rings. The van der Waals surface area contributed by atoms with Gasteiger partial charge in [0.1, 0.15) is 0 Å². The van der Waals surface area contributed by atoms with Crippen molar-refractivity contribution >= 4 is 6.03 Å². The highest BCUT2D eigenvalue weighted by molar-refractivity contribution is 5.75. The first-order valence-corrected chi connectivity index (χ1v) is 8.23. The summed E-state index contributed by atoms with van der Waals surface area (Å²) in [6.45, 7) is 4.07. The third-order valence-corrected chi connectivity index (χ3v) is 4.77. The monoisotopic (exact) mass is 319 g/mol. The average Bonchev–Trinajstić information content (AvgIpc) is 2.91. The molecule has 3 atom stereocenters. The first-order valence-electron chi connectivity index (χ1n) is 8.23. The molecule has 0 heterocycles. The largest absolute Gasteiger partial charge is 0.334 e. The van der Waals surface area contributed by atoms with Crippen LogP contribution in [0.25, 0.3) is 0 Å². The number of amides is 2. The fourth-order valence-electron chi connectivity index (χ4n) is 3.34. The summed E-state index contributed by atoms with van der Waals surface area (Å²) in [4.78, 5) is 12.3. The van der Waals surface area contributed by atoms with Crippen LogP contribution in [0.15, 0.2) is 48.5 Å². The number of rotatable bonds is 3. The molecule has 0 saturated heterocycles. The van der Waals surface area contributed by atoms with Gasteiger partial charge in [-0.3, -0.25) is 0 Å². The lowest BCUT2D eigenvalue weighted by molar-refractivity contribution is 0.233. The number of urea groups is 1. The minimum Gasteiger partial charge on any atom is -0.334 e. The Hall–Kier alpha value is -2.80. The number of hydrogen-bond donors (Lipinski definition) is 2. The van der Waals surface area contributed by atoms with Crippen LogP contribution in [-0.4, -0.2) is 12.1 Å². The van der Waals surface area contributed by atoms with Crippen LogP contribution < -0.4 is 10.6 Å². The molecular weight excluding hydrogens is 298 g/mol. The van der Waals surface area contributed by atoms with Crippen LogP contribution >= 0.6 is 0 Å². The van der Waals surface area contributed by atoms with Crippen molar-refractivity contribution in [3.8, 4) is 6.07 Å². The third-order valence-electron chi connectivity index (χ3n) is 4.77. The van der Waals surface area contributed by atoms with Crippen molar-refractivity contribution < 1.29 is 4.79 Å². The molecule has 0 fully saturated rings. The van der Waals surface area contributed by atoms with Crippen LogP contribution in [0.3, 0.4) is 0 Å². The van der Waals surface area contributed by atoms with E-state index in [0.29, 0.717) is 11.5 Å². The van der Waals surface area contributed by atoms with Crippen molar-refractivity contribution in [1.82, 2.24) is 10.6 Å². The lowest BCUT2D eigenvalue weighted by Gasteiger charge is -2.21. The fraction of sp³-hybridized carbons (Fsp3) is 0.300. The van der Waals surface area contributed by atoms with Gasteiger partial charge in [-0.25, -0.2) is 4.79 Å². The van der Waals surface area contributed by atoms with Gasteiger partial charge >= 0.3 is 6.03 Å². The zero-order valence-electron chi connectivity index (χ0n) is 13.9. The molecular formula is C20H21N3O. The normalized spacial score (nSPS) is 19.9. The summed E-state index contributed by atoms with van der Waals surface area (Å²) >= 11 is 0. The van der Waals surface area contributed by atoms with Gasteiger partial charge in [0.05, 0.1) is 17.7 Å². The molecule has 0 saturated carbocycles. The molecule has 0 spiro atoms. The summed E-state index contributed by atoms with van der Waals surface area (Å²) in [5.74, 6) is 0.309. The molecule has 122 valence electrons. The van der Waals surface area contributed by atoms with E-state index in [1.54, 1.807) is 12.1 Å². The smallest absolute Gasteiger partial charge is 0.315 e. The lowest BCUT2D eigenvalue weighted by atomic mass is 10.0. The SMILES string of the molecule is CC(NC(=O)N[C@@H]1Cc2ccccc2[C@@H]1C)c1cccc(C#N)c1. The Kier molecular flexibility index (Phi) is 4.52. The topological polar surface area (TPSA) is 64.9 Å². The maximum Gasteiger partial charge on any atom is 0.315 e. The van der Waals surface area contributed by atoms with Gasteiger partial charge in [0.25, 0.3) is 0 Å². The van der Waals surface area contributed by atoms with Gasteiger partial charge in [0.2, 0.25) is 0 Å². The highest BCUT2D eigenvalue weighted by Crippen LogP contribution is 2.32. The fourth-order valence-corrected chi connectivity index (χ4v) is 3.34. The van der Waals surface area contributed by atoms with E-state index in [1.807, 2.05) is 31.2 Å². The number of carbonyl (C=O) groups is 1. The maximum absolute atomic E-state index is 12.3. The number of hydrogen-bond acceptors (Lipinski definition) is 2. The van der Waals surface area contributed by atoms with Crippen molar-refractivity contribution in [1.29, 1.82) is 5.26 Å². The summed E-state index contributed by atoms with van der Waals surface area (Å²) < 4.78 is 0. The molecule has 4 nitrogen and oxygen atoms in total. The van der Waals surface area contributed by atoms with Crippen molar-refractivity contribution in [3.63, 3.8) is 0 Å². The van der Waals surface area contributed by atoms with Crippen LogP contribution in [0, 0.1) is 11.3 Å². The first kappa shape index (κ1) is 16.1. The van der Waals surface area contributed by atoms with Crippen LogP contribution in [0.1, 0.15) is 48.1 Å². The minimum atomic E-state index is -0.172. The molecule has 0 radical (unpaired) electrons. The quantitative estimate of drug-likeness (QED) is 0.907. The molecule has 2 amide bonds. The van der Waals surface area contributed by atoms with Gasteiger partial charge in [-0.05, 0) is 42.2 Å². The van der Waals surface area contributed by atoms with Crippen LogP contribution in [0.4, 0.5) is 4.79 Å². The summed E-state index contributed by atoms with van der Waals surface area (Å²) in [6, 6.07) is 17.6. The van der Waals surface area contributed by atoms with E-state index in [4.69, 9.17) is 5.26 Å². The summed E-state index contributed by atoms with van der Waals surface area (Å²) in [5, 5.41) is 15.0. The molecule has 2 aromatic carbocycles. The molecule has 2 N–H and O–H groups in total. The Morgan fingerprint density at radius 3 is 2.79 bits per heavy atom. The van der Waals surface area contributed by atoms with Crippen molar-refractivity contribution in [3.05, 3.63) is 70.8 Å². The van der Waals surface area contributed by atoms with E-state index >= 15 is 0 Å². The Labute approximate surface area is 142 Å². The summed E-state index contributed by atoms with van der Waals surface area (Å²) in [5.41, 5.74) is 4.15. The zero-order valence-corrected chi connectivity index (χ0v) is 13.9. The second kappa shape index (κ2) is 6.76. The van der Waals surface area contributed by atoms with E-state index < -0.39 is 0 Å². The van der Waals surface area contributed by atoms with E-state index in [9.17, 15) is 4.79 Å². The van der Waals surface area contributed by atoms with Crippen LogP contribution in [0.2, 0.25) is 0 Å². The zero-order chi connectivity index (χ0) is 17.1. The van der Waals surface area contributed by atoms with Gasteiger partial charge < -0.3 is 10.6 Å². The van der Waals surface area contributed by atoms with Crippen molar-refractivity contribution in [2.24, 2.45) is 0 Å². The summed E-state index contributed by atoms with van der Waals surface area (Å²) in [7, 11) is 0. The standard InChI is InChI=1S/C20H21N3O/c1-13-18-9-4-3-7-17(18)11-19(13)23-20(24)22-14(2)16-8-5-6-15(10-16)12-21/h3-10,13-14,19H,11H2,1-2H3,(H2,22,23,24)/t13-,14?,19+/m0/s1. The van der Waals surface area contributed by atoms with Gasteiger partial charge in [-0.2, -0.15) is 5.26 Å². The predicted molar refractivity (Wildman–Crippen MR) is 93.6 cm³/mol. The van der Waals surface area contributed by atoms with E-state index in [-0.39, 0.29) is 18.1 Å². The second-order valence-electron chi connectivity index (χ2n) is 6.37. The number of benzene rings is 2. The average molecular weight is 319 g/mol. The number of fused-ring (bicyclic) bond motifs is 1. The molecule has 3 rings (SSSR count). The van der Waals surface area contributed by atoms with E-state index in [1.165, 1.54) is 11.1 Å². The Morgan fingerprint density at radius 1 is 1.25 bits per heavy atom. The van der Waals surface area contributed by atoms with Crippen molar-refractivity contribution in [2.75, 3.05) is 0 Å². The number of nitrogens with one attached hydrogen (secondary N) is 2. The highest BCUT2D eigenvalue weighted by atomic mass is 16.2. The van der Waals surface area contributed by atoms with Gasteiger partial charge in [-0.15, -0.1) is 0 Å². The molecule has 1 aliphatic rings. The highest BCUT2D eigenvalue weighted by Gasteiger charge is 2.30. The Balaban J connectivity index is 1.61. The van der Waals surface area contributed by atoms with Crippen LogP contribution in [0.5, 0.6) is 0 Å². The third kappa shape index (κ3) is 3.26. The number of carbonyl (C=O) groups excluding carboxylic acids is 1. The predicted octanol–water partition coefficient (Wildman–Crippen LogP) is 3.65. The number of nitrogens with zero attached hydrogens (tertiary/aromatic N) is 1. The number of nitriles is 1. The molecule has 1 unspecified atom stereocenters. The van der Waals surface area contributed by atoms with Crippen LogP contribution in [-0.2, 0) is 6.42 Å². The lowest BCUT2D eigenvalue weighted by Crippen LogP contribution is -2.44. The Morgan fingerprint density at radius 2 is 2.04 bits per heavy atom. The first-order chi connectivity index (χ1) is 11.6. The van der Waals surface area contributed by atoms with Gasteiger partial charge in [0, 0.05) is 12.0 Å². The Bertz CT molecular complexity index is 793. The van der Waals surface area contributed by atoms with Crippen molar-refractivity contribution in [2.45, 2.75) is 38.3 Å². The maximum atomic E-state index is 12.3. The second-order valence-corrected chi connectivity index (χ2v) is 6.37. The molecule has 0 aliphatic heterocycles. The molecule has 24 heavy (non-hydrogen) atoms. The van der Waals surface area contributed by atoms with Gasteiger partial charge in [0.15, 0.2) is 0 Å². The minimum absolute atomic E-state index is 0.111. The molecule has 4 heteroatoms. The van der Waals surface area contributed by atoms with E-state index in [0.717, 1.165) is 12.0 Å².